The van der Waals surface area contributed by atoms with Crippen molar-refractivity contribution < 1.29 is 13.6 Å². The van der Waals surface area contributed by atoms with Crippen LogP contribution >= 0.6 is 11.6 Å². The number of aromatic amines is 1. The van der Waals surface area contributed by atoms with Gasteiger partial charge in [0.05, 0.1) is 34.2 Å². The smallest absolute Gasteiger partial charge is 0.247 e. The Labute approximate surface area is 214 Å². The van der Waals surface area contributed by atoms with E-state index in [0.717, 1.165) is 0 Å². The molecular formula is C24H20ClF2N9O. The van der Waals surface area contributed by atoms with Crippen LogP contribution in [0.4, 0.5) is 14.6 Å². The Morgan fingerprint density at radius 1 is 1.19 bits per heavy atom. The molecule has 2 aliphatic rings. The summed E-state index contributed by atoms with van der Waals surface area (Å²) in [6.07, 6.45) is 6.10. The third-order valence-corrected chi connectivity index (χ3v) is 7.10. The molecule has 13 heteroatoms. The number of pyridine rings is 1. The number of halogens is 3. The number of tetrazole rings is 1. The molecular weight excluding hydrogens is 504 g/mol. The third-order valence-electron chi connectivity index (χ3n) is 6.81. The maximum atomic E-state index is 15.3. The van der Waals surface area contributed by atoms with Gasteiger partial charge in [-0.15, -0.1) is 5.10 Å². The second-order valence-electron chi connectivity index (χ2n) is 8.84. The van der Waals surface area contributed by atoms with Crippen LogP contribution in [-0.2, 0) is 4.79 Å². The molecule has 0 unspecified atom stereocenters. The second-order valence-corrected chi connectivity index (χ2v) is 9.25. The number of benzene rings is 1. The Kier molecular flexibility index (Phi) is 5.67. The van der Waals surface area contributed by atoms with Crippen LogP contribution in [0.1, 0.15) is 36.7 Å². The van der Waals surface area contributed by atoms with Crippen LogP contribution in [0, 0.1) is 11.8 Å². The summed E-state index contributed by atoms with van der Waals surface area (Å²) in [6, 6.07) is 5.85. The maximum absolute atomic E-state index is 15.3. The summed E-state index contributed by atoms with van der Waals surface area (Å²) in [6.45, 7) is 0. The number of amides is 1. The minimum absolute atomic E-state index is 0.0560. The Bertz CT molecular complexity index is 1540. The Hall–Kier alpha value is -4.19. The zero-order valence-corrected chi connectivity index (χ0v) is 20.2. The van der Waals surface area contributed by atoms with Crippen molar-refractivity contribution in [3.63, 3.8) is 0 Å². The highest BCUT2D eigenvalue weighted by Crippen LogP contribution is 2.44. The number of rotatable bonds is 5. The molecule has 4 aromatic rings. The maximum Gasteiger partial charge on any atom is 0.247 e. The SMILES string of the molecule is CNc1ccc(-c2cnc([C@@H]3CC[C@@H]4CC(c5c(-n6cnnn6)ccc(Cl)c5F)=CC(=O)N43)[nH]2)c(F)n1. The summed E-state index contributed by atoms with van der Waals surface area (Å²) >= 11 is 6.09. The minimum atomic E-state index is -0.632. The summed E-state index contributed by atoms with van der Waals surface area (Å²) in [5.41, 5.74) is 1.87. The first-order valence-corrected chi connectivity index (χ1v) is 12.0. The Morgan fingerprint density at radius 2 is 2.05 bits per heavy atom. The number of aromatic nitrogens is 7. The first-order chi connectivity index (χ1) is 17.9. The lowest BCUT2D eigenvalue weighted by Gasteiger charge is -2.33. The summed E-state index contributed by atoms with van der Waals surface area (Å²) < 4.78 is 31.1. The first kappa shape index (κ1) is 23.2. The largest absolute Gasteiger partial charge is 0.373 e. The van der Waals surface area contributed by atoms with Gasteiger partial charge in [-0.1, -0.05) is 11.6 Å². The average molecular weight is 524 g/mol. The second kappa shape index (κ2) is 9.04. The molecule has 3 aromatic heterocycles. The van der Waals surface area contributed by atoms with Crippen LogP contribution in [0.25, 0.3) is 22.5 Å². The van der Waals surface area contributed by atoms with Gasteiger partial charge >= 0.3 is 0 Å². The average Bonchev–Trinajstić information content (AvgIpc) is 3.66. The van der Waals surface area contributed by atoms with Gasteiger partial charge in [-0.05, 0) is 59.5 Å². The fourth-order valence-corrected chi connectivity index (χ4v) is 5.28. The van der Waals surface area contributed by atoms with E-state index in [9.17, 15) is 9.18 Å². The van der Waals surface area contributed by atoms with E-state index in [-0.39, 0.29) is 34.1 Å². The van der Waals surface area contributed by atoms with Crippen LogP contribution in [0.3, 0.4) is 0 Å². The number of H-pyrrole nitrogens is 1. The number of nitrogens with zero attached hydrogens (tertiary/aromatic N) is 7. The van der Waals surface area contributed by atoms with Crippen LogP contribution in [0.5, 0.6) is 0 Å². The molecule has 2 N–H and O–H groups in total. The van der Waals surface area contributed by atoms with Crippen molar-refractivity contribution in [1.82, 2.24) is 40.1 Å². The molecule has 5 heterocycles. The molecule has 2 aliphatic heterocycles. The normalized spacial score (nSPS) is 19.2. The molecule has 0 saturated carbocycles. The van der Waals surface area contributed by atoms with Gasteiger partial charge in [0.1, 0.15) is 18.0 Å². The van der Waals surface area contributed by atoms with Gasteiger partial charge in [-0.25, -0.2) is 14.4 Å². The van der Waals surface area contributed by atoms with Crippen molar-refractivity contribution >= 4 is 28.9 Å². The van der Waals surface area contributed by atoms with E-state index in [1.165, 1.54) is 29.3 Å². The number of anilines is 1. The zero-order valence-electron chi connectivity index (χ0n) is 19.5. The van der Waals surface area contributed by atoms with Crippen molar-refractivity contribution in [3.8, 4) is 16.9 Å². The van der Waals surface area contributed by atoms with Crippen LogP contribution < -0.4 is 5.32 Å². The zero-order chi connectivity index (χ0) is 25.7. The van der Waals surface area contributed by atoms with Gasteiger partial charge in [0.25, 0.3) is 0 Å². The number of carbonyl (C=O) groups is 1. The van der Waals surface area contributed by atoms with Crippen molar-refractivity contribution in [2.24, 2.45) is 0 Å². The lowest BCUT2D eigenvalue weighted by molar-refractivity contribution is -0.129. The predicted octanol–water partition coefficient (Wildman–Crippen LogP) is 3.94. The van der Waals surface area contributed by atoms with Crippen molar-refractivity contribution in [1.29, 1.82) is 0 Å². The minimum Gasteiger partial charge on any atom is -0.373 e. The highest BCUT2D eigenvalue weighted by molar-refractivity contribution is 6.31. The van der Waals surface area contributed by atoms with E-state index in [2.05, 4.69) is 35.8 Å². The van der Waals surface area contributed by atoms with Gasteiger partial charge in [0, 0.05) is 24.7 Å². The molecule has 1 aromatic carbocycles. The Morgan fingerprint density at radius 3 is 2.81 bits per heavy atom. The lowest BCUT2D eigenvalue weighted by atomic mass is 9.92. The van der Waals surface area contributed by atoms with E-state index >= 15 is 4.39 Å². The van der Waals surface area contributed by atoms with Crippen LogP contribution in [-0.4, -0.2) is 59.1 Å². The summed E-state index contributed by atoms with van der Waals surface area (Å²) in [7, 11) is 1.66. The molecule has 2 atom stereocenters. The molecule has 10 nitrogen and oxygen atoms in total. The molecule has 0 spiro atoms. The fraction of sp³-hybridized carbons (Fsp3) is 0.250. The molecule has 0 radical (unpaired) electrons. The summed E-state index contributed by atoms with van der Waals surface area (Å²) in [5, 5.41) is 13.9. The molecule has 0 bridgehead atoms. The number of imidazole rings is 1. The number of hydrogen-bond donors (Lipinski definition) is 2. The van der Waals surface area contributed by atoms with E-state index in [1.54, 1.807) is 30.1 Å². The first-order valence-electron chi connectivity index (χ1n) is 11.6. The van der Waals surface area contributed by atoms with E-state index in [1.807, 2.05) is 0 Å². The molecule has 188 valence electrons. The van der Waals surface area contributed by atoms with Crippen molar-refractivity contribution in [2.75, 3.05) is 12.4 Å². The molecule has 0 aliphatic carbocycles. The number of carbonyl (C=O) groups excluding carboxylic acids is 1. The van der Waals surface area contributed by atoms with Gasteiger partial charge in [0.2, 0.25) is 11.9 Å². The Balaban J connectivity index is 1.31. The topological polar surface area (TPSA) is 118 Å². The molecule has 1 saturated heterocycles. The van der Waals surface area contributed by atoms with Gasteiger partial charge in [-0.2, -0.15) is 9.07 Å². The number of nitrogens with one attached hydrogen (secondary N) is 2. The van der Waals surface area contributed by atoms with E-state index in [4.69, 9.17) is 11.6 Å². The summed E-state index contributed by atoms with van der Waals surface area (Å²) in [5.74, 6) is -0.550. The fourth-order valence-electron chi connectivity index (χ4n) is 5.12. The number of fused-ring (bicyclic) bond motifs is 1. The quantitative estimate of drug-likeness (QED) is 0.380. The van der Waals surface area contributed by atoms with Crippen LogP contribution in [0.2, 0.25) is 5.02 Å². The predicted molar refractivity (Wildman–Crippen MR) is 131 cm³/mol. The third kappa shape index (κ3) is 3.93. The molecule has 37 heavy (non-hydrogen) atoms. The van der Waals surface area contributed by atoms with Gasteiger partial charge in [-0.3, -0.25) is 4.79 Å². The standard InChI is InChI=1S/C24H20ClF2N9O/c1-28-19-7-3-14(23(27)32-19)16-10-29-24(31-16)18-5-2-13-8-12(9-20(37)36(13)18)21-17(35-11-30-33-34-35)6-4-15(25)22(21)26/h3-4,6-7,9-11,13,18H,2,5,8H2,1H3,(H,28,32)(H,29,31)/t13-,18+/m1/s1. The van der Waals surface area contributed by atoms with Gasteiger partial charge in [0.15, 0.2) is 5.82 Å². The molecule has 1 amide bonds. The van der Waals surface area contributed by atoms with Gasteiger partial charge < -0.3 is 15.2 Å². The number of hydrogen-bond acceptors (Lipinski definition) is 7. The molecule has 6 rings (SSSR count). The highest BCUT2D eigenvalue weighted by Gasteiger charge is 2.42. The highest BCUT2D eigenvalue weighted by atomic mass is 35.5. The monoisotopic (exact) mass is 523 g/mol. The molecule has 1 fully saturated rings. The van der Waals surface area contributed by atoms with Crippen molar-refractivity contribution in [2.45, 2.75) is 31.3 Å². The lowest BCUT2D eigenvalue weighted by Crippen LogP contribution is -2.39. The van der Waals surface area contributed by atoms with E-state index in [0.29, 0.717) is 47.9 Å². The van der Waals surface area contributed by atoms with Crippen molar-refractivity contribution in [3.05, 3.63) is 71.0 Å². The van der Waals surface area contributed by atoms with E-state index < -0.39 is 11.8 Å². The summed E-state index contributed by atoms with van der Waals surface area (Å²) in [4.78, 5) is 26.6. The van der Waals surface area contributed by atoms with Crippen LogP contribution in [0.15, 0.2) is 42.9 Å².